The van der Waals surface area contributed by atoms with E-state index in [2.05, 4.69) is 240 Å². The molecule has 0 aromatic heterocycles. The average Bonchev–Trinajstić information content (AvgIpc) is 0.820. The van der Waals surface area contributed by atoms with E-state index in [1.165, 1.54) is 44.5 Å². The molecule has 540 valence electrons. The monoisotopic (exact) mass is 1650 g/mol. The molecule has 0 aliphatic heterocycles. The van der Waals surface area contributed by atoms with Crippen LogP contribution in [0, 0.1) is 41.5 Å². The molecule has 0 heterocycles. The topological polar surface area (TPSA) is 34.7 Å². The predicted octanol–water partition coefficient (Wildman–Crippen LogP) is 26.2. The van der Waals surface area contributed by atoms with Crippen LogP contribution in [0.5, 0.6) is 0 Å². The van der Waals surface area contributed by atoms with Crippen LogP contribution >= 0.6 is 0 Å². The average molecular weight is 1650 g/mol. The second-order valence-corrected chi connectivity index (χ2v) is 26.6. The van der Waals surface area contributed by atoms with Crippen molar-refractivity contribution in [2.24, 2.45) is 0 Å². The molecular weight excluding hydrogens is 1540 g/mol. The Balaban J connectivity index is 0.000000344. The summed E-state index contributed by atoms with van der Waals surface area (Å²) in [7, 11) is 0. The zero-order chi connectivity index (χ0) is 73.7. The SMILES string of the molecule is CC(C)c1cccc(C(C)C)c1[N-]C([S-])N(Cc1ccccc1)Cc1ccccc1.CC(C)c1cccc(C(C)C)c1[N-]C([S-])N(Cc1ccccc1)Cc1ccccc1.[CH2-]c1ccccc1.[CH2-]c1ccccc1.[CH2-]c1ccccc1.[CH2-]c1ccccc1.[CH2-]c1ccccc1.[CH2-]c1ccccc1.[Hf].[Zr]. The van der Waals surface area contributed by atoms with E-state index in [1.807, 2.05) is 206 Å². The molecule has 2 unspecified atom stereocenters. The summed E-state index contributed by atoms with van der Waals surface area (Å²) >= 11 is 12.0. The summed E-state index contributed by atoms with van der Waals surface area (Å²) in [5.41, 5.74) is 18.0. The largest absolute Gasteiger partial charge is 0.793 e. The van der Waals surface area contributed by atoms with Crippen molar-refractivity contribution in [3.05, 3.63) is 470 Å². The van der Waals surface area contributed by atoms with Gasteiger partial charge < -0.3 is 45.7 Å². The first kappa shape index (κ1) is 90.0. The first-order chi connectivity index (χ1) is 49.3. The number of hydrogen-bond donors (Lipinski definition) is 0. The van der Waals surface area contributed by atoms with Crippen LogP contribution in [0.4, 0.5) is 11.4 Å². The zero-order valence-electron chi connectivity index (χ0n) is 62.5. The van der Waals surface area contributed by atoms with Crippen molar-refractivity contribution in [1.29, 1.82) is 0 Å². The van der Waals surface area contributed by atoms with Gasteiger partial charge >= 0.3 is 0 Å². The third-order valence-corrected chi connectivity index (χ3v) is 16.6. The molecule has 0 saturated carbocycles. The van der Waals surface area contributed by atoms with Crippen molar-refractivity contribution < 1.29 is 52.0 Å². The third-order valence-electron chi connectivity index (χ3n) is 15.8. The van der Waals surface area contributed by atoms with E-state index in [-0.39, 0.29) is 63.0 Å². The smallest absolute Gasteiger partial charge is 0.0203 e. The van der Waals surface area contributed by atoms with E-state index in [0.717, 1.165) is 70.9 Å². The Morgan fingerprint density at radius 3 is 0.510 bits per heavy atom. The molecule has 0 fully saturated rings. The minimum atomic E-state index is -0.345. The van der Waals surface area contributed by atoms with Crippen molar-refractivity contribution in [2.75, 3.05) is 0 Å². The molecule has 0 aliphatic carbocycles. The number of hydrogen-bond acceptors (Lipinski definition) is 4. The minimum absolute atomic E-state index is 0. The molecule has 4 nitrogen and oxygen atoms in total. The van der Waals surface area contributed by atoms with Crippen molar-refractivity contribution in [3.63, 3.8) is 0 Å². The quantitative estimate of drug-likeness (QED) is 0.0487. The van der Waals surface area contributed by atoms with Gasteiger partial charge in [0.2, 0.25) is 0 Å². The Morgan fingerprint density at radius 2 is 0.385 bits per heavy atom. The number of benzene rings is 12. The first-order valence-corrected chi connectivity index (χ1v) is 36.1. The van der Waals surface area contributed by atoms with Gasteiger partial charge in [0, 0.05) is 78.2 Å². The van der Waals surface area contributed by atoms with E-state index in [0.29, 0.717) is 23.7 Å². The van der Waals surface area contributed by atoms with Crippen LogP contribution < -0.4 is 0 Å². The fourth-order valence-corrected chi connectivity index (χ4v) is 10.8. The second-order valence-electron chi connectivity index (χ2n) is 25.8. The third kappa shape index (κ3) is 37.0. The Hall–Kier alpha value is -8.17. The molecule has 0 aliphatic rings. The molecule has 8 heteroatoms. The van der Waals surface area contributed by atoms with Gasteiger partial charge in [0.15, 0.2) is 0 Å². The summed E-state index contributed by atoms with van der Waals surface area (Å²) in [6, 6.07) is 114. The van der Waals surface area contributed by atoms with Gasteiger partial charge in [0.05, 0.1) is 0 Å². The van der Waals surface area contributed by atoms with Gasteiger partial charge in [0.25, 0.3) is 0 Å². The molecule has 0 saturated heterocycles. The van der Waals surface area contributed by atoms with E-state index < -0.39 is 0 Å². The molecule has 12 aromatic carbocycles. The molecule has 104 heavy (non-hydrogen) atoms. The molecule has 0 N–H and O–H groups in total. The Morgan fingerprint density at radius 1 is 0.240 bits per heavy atom. The molecule has 12 rings (SSSR count). The van der Waals surface area contributed by atoms with Crippen LogP contribution in [0.15, 0.2) is 340 Å². The summed E-state index contributed by atoms with van der Waals surface area (Å²) in [5, 5.41) is 10.3. The van der Waals surface area contributed by atoms with Gasteiger partial charge in [0.1, 0.15) is 0 Å². The Labute approximate surface area is 678 Å². The van der Waals surface area contributed by atoms with Crippen LogP contribution in [0.2, 0.25) is 0 Å². The van der Waals surface area contributed by atoms with Crippen LogP contribution in [0.1, 0.15) is 157 Å². The standard InChI is InChI=1S/2C27H33N2S.6C7H7.Hf.Zr/c2*1-20(2)24-16-11-17-25(21(3)4)26(24)28-27(30)29(18-22-12-7-5-8-13-22)19-23-14-9-6-10-15-23;6*1-7-5-3-2-4-6-7;;/h2*5-17,20-21,27,30H,18-19H2,1-4H3;6*2-6H,1H2;;/q8*-1;;/p-2. The number of nitrogens with zero attached hydrogens (tertiary/aromatic N) is 4. The normalized spacial score (nSPS) is 10.7. The molecule has 0 amide bonds. The summed E-state index contributed by atoms with van der Waals surface area (Å²) in [6.07, 6.45) is 0. The van der Waals surface area contributed by atoms with Gasteiger partial charge in [-0.15, -0.1) is 84.2 Å². The van der Waals surface area contributed by atoms with E-state index in [4.69, 9.17) is 35.9 Å². The fraction of sp³-hybridized carbons (Fsp3) is 0.188. The summed E-state index contributed by atoms with van der Waals surface area (Å²) in [4.78, 5) is 4.56. The Bertz CT molecular complexity index is 3450. The van der Waals surface area contributed by atoms with Crippen LogP contribution in [0.25, 0.3) is 10.6 Å². The maximum atomic E-state index is 5.99. The second kappa shape index (κ2) is 52.7. The maximum Gasteiger partial charge on any atom is 0.0203 e. The van der Waals surface area contributed by atoms with Crippen LogP contribution in [-0.4, -0.2) is 20.8 Å². The van der Waals surface area contributed by atoms with Crippen molar-refractivity contribution in [2.45, 2.75) is 116 Å². The van der Waals surface area contributed by atoms with Gasteiger partial charge in [-0.05, 0) is 45.9 Å². The van der Waals surface area contributed by atoms with Crippen molar-refractivity contribution in [3.8, 4) is 0 Å². The molecule has 12 aromatic rings. The van der Waals surface area contributed by atoms with Gasteiger partial charge in [-0.25, -0.2) is 0 Å². The zero-order valence-corrected chi connectivity index (χ0v) is 70.2. The molecule has 2 atom stereocenters. The van der Waals surface area contributed by atoms with Crippen molar-refractivity contribution >= 4 is 36.6 Å². The fourth-order valence-electron chi connectivity index (χ4n) is 10.3. The summed E-state index contributed by atoms with van der Waals surface area (Å²) < 4.78 is 0. The maximum absolute atomic E-state index is 5.99. The van der Waals surface area contributed by atoms with E-state index in [1.54, 1.807) is 0 Å². The first-order valence-electron chi connectivity index (χ1n) is 35.1. The van der Waals surface area contributed by atoms with Gasteiger partial charge in [-0.2, -0.15) is 159 Å². The number of para-hydroxylation sites is 2. The van der Waals surface area contributed by atoms with Gasteiger partial charge in [-0.3, -0.25) is 0 Å². The summed E-state index contributed by atoms with van der Waals surface area (Å²) in [5.74, 6) is 1.62. The van der Waals surface area contributed by atoms with E-state index in [9.17, 15) is 0 Å². The molecular formula is C96H106HfN4S2Zr-10. The molecule has 0 radical (unpaired) electrons. The van der Waals surface area contributed by atoms with E-state index >= 15 is 0 Å². The summed E-state index contributed by atoms with van der Waals surface area (Å²) in [6.45, 7) is 43.2. The minimum Gasteiger partial charge on any atom is -0.793 e. The molecule has 0 bridgehead atoms. The predicted molar refractivity (Wildman–Crippen MR) is 447 cm³/mol. The van der Waals surface area contributed by atoms with Crippen molar-refractivity contribution in [1.82, 2.24) is 9.80 Å². The van der Waals surface area contributed by atoms with Crippen LogP contribution in [0.3, 0.4) is 0 Å². The van der Waals surface area contributed by atoms with Crippen LogP contribution in [-0.2, 0) is 103 Å². The van der Waals surface area contributed by atoms with Gasteiger partial charge in [-0.1, -0.05) is 272 Å². The number of rotatable bonds is 18. The Kier molecular flexibility index (Phi) is 45.7. The molecule has 0 spiro atoms.